The molecule has 0 fully saturated rings. The molecule has 0 saturated heterocycles. The van der Waals surface area contributed by atoms with Gasteiger partial charge in [-0.25, -0.2) is 4.79 Å². The fourth-order valence-corrected chi connectivity index (χ4v) is 4.10. The molecule has 248 valence electrons. The van der Waals surface area contributed by atoms with Gasteiger partial charge >= 0.3 is 18.2 Å². The fourth-order valence-electron chi connectivity index (χ4n) is 3.88. The first-order valence-electron chi connectivity index (χ1n) is 13.6. The number of carbonyl (C=O) groups excluding carboxylic acids is 4. The molecule has 12 nitrogen and oxygen atoms in total. The molecule has 0 unspecified atom stereocenters. The Morgan fingerprint density at radius 3 is 2.23 bits per heavy atom. The van der Waals surface area contributed by atoms with Crippen molar-refractivity contribution in [2.24, 2.45) is 0 Å². The molecule has 4 amide bonds. The Kier molecular flexibility index (Phi) is 11.2. The summed E-state index contributed by atoms with van der Waals surface area (Å²) in [5, 5.41) is 4.31. The SMILES string of the molecule is COc1cc(/C=C/C(=O)NNC(=O)c2cc(Oc3ccc(NC(=O)Nc4ccc(Cl)c(C(F)(F)F)c4)cc3)ccn2)ccc1OC(C)=O. The van der Waals surface area contributed by atoms with E-state index in [1.165, 1.54) is 74.8 Å². The van der Waals surface area contributed by atoms with Crippen LogP contribution in [0.2, 0.25) is 5.02 Å². The highest BCUT2D eigenvalue weighted by Gasteiger charge is 2.33. The smallest absolute Gasteiger partial charge is 0.417 e. The maximum absolute atomic E-state index is 13.1. The number of ether oxygens (including phenoxy) is 3. The number of hydrogen-bond acceptors (Lipinski definition) is 8. The van der Waals surface area contributed by atoms with Crippen LogP contribution in [0.3, 0.4) is 0 Å². The highest BCUT2D eigenvalue weighted by atomic mass is 35.5. The molecule has 3 aromatic carbocycles. The van der Waals surface area contributed by atoms with Crippen LogP contribution in [0.15, 0.2) is 85.1 Å². The quantitative estimate of drug-likeness (QED) is 0.0666. The number of nitrogens with zero attached hydrogens (tertiary/aromatic N) is 1. The number of methoxy groups -OCH3 is 1. The number of halogens is 4. The number of amides is 4. The molecule has 0 atom stereocenters. The van der Waals surface area contributed by atoms with E-state index in [0.717, 1.165) is 18.2 Å². The van der Waals surface area contributed by atoms with E-state index >= 15 is 0 Å². The van der Waals surface area contributed by atoms with Gasteiger partial charge in [0.15, 0.2) is 11.5 Å². The average molecular weight is 684 g/mol. The largest absolute Gasteiger partial charge is 0.493 e. The Balaban J connectivity index is 1.28. The van der Waals surface area contributed by atoms with Crippen LogP contribution in [-0.2, 0) is 15.8 Å². The maximum Gasteiger partial charge on any atom is 0.417 e. The third-order valence-electron chi connectivity index (χ3n) is 6.01. The summed E-state index contributed by atoms with van der Waals surface area (Å²) in [6.45, 7) is 1.25. The van der Waals surface area contributed by atoms with Crippen LogP contribution in [-0.4, -0.2) is 35.9 Å². The molecular weight excluding hydrogens is 659 g/mol. The molecule has 0 bridgehead atoms. The highest BCUT2D eigenvalue weighted by Crippen LogP contribution is 2.36. The number of alkyl halides is 3. The zero-order valence-corrected chi connectivity index (χ0v) is 25.7. The molecule has 4 aromatic rings. The van der Waals surface area contributed by atoms with Crippen molar-refractivity contribution >= 4 is 52.9 Å². The van der Waals surface area contributed by atoms with E-state index in [0.29, 0.717) is 17.0 Å². The third-order valence-corrected chi connectivity index (χ3v) is 6.34. The molecule has 0 radical (unpaired) electrons. The van der Waals surface area contributed by atoms with E-state index in [-0.39, 0.29) is 28.6 Å². The third kappa shape index (κ3) is 9.95. The number of benzene rings is 3. The van der Waals surface area contributed by atoms with E-state index in [4.69, 9.17) is 25.8 Å². The molecular formula is C32H25ClF3N5O7. The van der Waals surface area contributed by atoms with Crippen molar-refractivity contribution in [1.29, 1.82) is 0 Å². The second kappa shape index (κ2) is 15.5. The molecule has 0 aliphatic carbocycles. The van der Waals surface area contributed by atoms with Crippen molar-refractivity contribution in [2.45, 2.75) is 13.1 Å². The van der Waals surface area contributed by atoms with Crippen molar-refractivity contribution < 1.29 is 46.6 Å². The van der Waals surface area contributed by atoms with Gasteiger partial charge < -0.3 is 24.8 Å². The van der Waals surface area contributed by atoms with E-state index in [9.17, 15) is 32.3 Å². The van der Waals surface area contributed by atoms with Gasteiger partial charge in [0.2, 0.25) is 0 Å². The number of urea groups is 1. The van der Waals surface area contributed by atoms with Crippen LogP contribution >= 0.6 is 11.6 Å². The molecule has 4 rings (SSSR count). The number of hydrogen-bond donors (Lipinski definition) is 4. The zero-order chi connectivity index (χ0) is 34.8. The van der Waals surface area contributed by atoms with E-state index < -0.39 is 40.6 Å². The zero-order valence-electron chi connectivity index (χ0n) is 25.0. The molecule has 16 heteroatoms. The summed E-state index contributed by atoms with van der Waals surface area (Å²) >= 11 is 5.61. The van der Waals surface area contributed by atoms with Gasteiger partial charge in [-0.2, -0.15) is 13.2 Å². The summed E-state index contributed by atoms with van der Waals surface area (Å²) in [5.41, 5.74) is 4.07. The molecule has 0 spiro atoms. The van der Waals surface area contributed by atoms with Gasteiger partial charge in [0.05, 0.1) is 17.7 Å². The molecule has 0 aliphatic heterocycles. The Morgan fingerprint density at radius 2 is 1.54 bits per heavy atom. The number of hydrazine groups is 1. The van der Waals surface area contributed by atoms with Crippen molar-refractivity contribution in [2.75, 3.05) is 17.7 Å². The molecule has 0 saturated carbocycles. The normalized spacial score (nSPS) is 11.0. The van der Waals surface area contributed by atoms with Crippen molar-refractivity contribution in [3.05, 3.63) is 107 Å². The summed E-state index contributed by atoms with van der Waals surface area (Å²) in [4.78, 5) is 52.3. The van der Waals surface area contributed by atoms with Crippen LogP contribution in [0.5, 0.6) is 23.0 Å². The van der Waals surface area contributed by atoms with E-state index in [1.54, 1.807) is 12.1 Å². The topological polar surface area (TPSA) is 157 Å². The fraction of sp³-hybridized carbons (Fsp3) is 0.0938. The van der Waals surface area contributed by atoms with Gasteiger partial charge in [0, 0.05) is 36.6 Å². The average Bonchev–Trinajstić information content (AvgIpc) is 3.04. The first-order valence-corrected chi connectivity index (χ1v) is 14.0. The lowest BCUT2D eigenvalue weighted by atomic mass is 10.2. The minimum absolute atomic E-state index is 0.0755. The Morgan fingerprint density at radius 1 is 0.833 bits per heavy atom. The molecule has 4 N–H and O–H groups in total. The number of nitrogens with one attached hydrogen (secondary N) is 4. The van der Waals surface area contributed by atoms with Crippen LogP contribution in [0.1, 0.15) is 28.5 Å². The number of pyridine rings is 1. The second-order valence-corrected chi connectivity index (χ2v) is 9.96. The maximum atomic E-state index is 13.1. The van der Waals surface area contributed by atoms with E-state index in [2.05, 4.69) is 26.5 Å². The minimum atomic E-state index is -4.69. The first kappa shape index (κ1) is 34.8. The van der Waals surface area contributed by atoms with Gasteiger partial charge in [0.25, 0.3) is 11.8 Å². The van der Waals surface area contributed by atoms with Crippen LogP contribution in [0.4, 0.5) is 29.3 Å². The van der Waals surface area contributed by atoms with Gasteiger partial charge in [-0.05, 0) is 72.3 Å². The van der Waals surface area contributed by atoms with Gasteiger partial charge in [-0.1, -0.05) is 17.7 Å². The highest BCUT2D eigenvalue weighted by molar-refractivity contribution is 6.31. The molecule has 48 heavy (non-hydrogen) atoms. The Bertz CT molecular complexity index is 1870. The number of carbonyl (C=O) groups is 4. The summed E-state index contributed by atoms with van der Waals surface area (Å²) in [7, 11) is 1.40. The minimum Gasteiger partial charge on any atom is -0.493 e. The standard InChI is InChI=1S/C32H25ClF3N5O7/c1-18(42)47-27-11-3-19(15-28(27)46-2)4-12-29(43)40-41-30(44)26-17-23(13-14-37-26)48-22-8-5-20(6-9-22)38-31(45)39-21-7-10-25(33)24(16-21)32(34,35)36/h3-17H,1-2H3,(H,40,43)(H,41,44)(H2,38,39,45)/b12-4+. The lowest BCUT2D eigenvalue weighted by Crippen LogP contribution is -2.41. The number of rotatable bonds is 9. The van der Waals surface area contributed by atoms with Crippen molar-refractivity contribution in [3.8, 4) is 23.0 Å². The summed E-state index contributed by atoms with van der Waals surface area (Å²) in [5.74, 6) is -0.843. The van der Waals surface area contributed by atoms with Gasteiger partial charge in [-0.15, -0.1) is 0 Å². The Labute approximate surface area is 275 Å². The van der Waals surface area contributed by atoms with Crippen LogP contribution in [0.25, 0.3) is 6.08 Å². The lowest BCUT2D eigenvalue weighted by molar-refractivity contribution is -0.137. The van der Waals surface area contributed by atoms with Crippen molar-refractivity contribution in [3.63, 3.8) is 0 Å². The predicted octanol–water partition coefficient (Wildman–Crippen LogP) is 6.60. The molecule has 1 heterocycles. The molecule has 0 aliphatic rings. The van der Waals surface area contributed by atoms with Gasteiger partial charge in [0.1, 0.15) is 17.2 Å². The van der Waals surface area contributed by atoms with Crippen molar-refractivity contribution in [1.82, 2.24) is 15.8 Å². The predicted molar refractivity (Wildman–Crippen MR) is 169 cm³/mol. The molecule has 1 aromatic heterocycles. The number of anilines is 2. The first-order chi connectivity index (χ1) is 22.8. The van der Waals surface area contributed by atoms with E-state index in [1.807, 2.05) is 0 Å². The number of esters is 1. The summed E-state index contributed by atoms with van der Waals surface area (Å²) in [6, 6.07) is 15.7. The lowest BCUT2D eigenvalue weighted by Gasteiger charge is -2.12. The monoisotopic (exact) mass is 683 g/mol. The van der Waals surface area contributed by atoms with Gasteiger partial charge in [-0.3, -0.25) is 30.2 Å². The van der Waals surface area contributed by atoms with Crippen LogP contribution < -0.4 is 35.7 Å². The number of aromatic nitrogens is 1. The summed E-state index contributed by atoms with van der Waals surface area (Å²) < 4.78 is 55.2. The summed E-state index contributed by atoms with van der Waals surface area (Å²) in [6.07, 6.45) is -0.750. The van der Waals surface area contributed by atoms with Crippen LogP contribution in [0, 0.1) is 0 Å². The Hall–Kier alpha value is -6.09. The second-order valence-electron chi connectivity index (χ2n) is 9.56.